The SMILES string of the molecule is Cc1ccc(SCCN2C(=O)CNC2=O)c(N)c1. The molecule has 1 fully saturated rings. The summed E-state index contributed by atoms with van der Waals surface area (Å²) < 4.78 is 0. The van der Waals surface area contributed by atoms with Gasteiger partial charge in [0.2, 0.25) is 5.91 Å². The summed E-state index contributed by atoms with van der Waals surface area (Å²) in [6.45, 7) is 2.50. The number of benzene rings is 1. The van der Waals surface area contributed by atoms with Crippen LogP contribution in [0.2, 0.25) is 0 Å². The van der Waals surface area contributed by atoms with Gasteiger partial charge in [-0.15, -0.1) is 11.8 Å². The van der Waals surface area contributed by atoms with Gasteiger partial charge in [0.15, 0.2) is 0 Å². The number of carbonyl (C=O) groups is 2. The Morgan fingerprint density at radius 3 is 2.83 bits per heavy atom. The fraction of sp³-hybridized carbons (Fsp3) is 0.333. The van der Waals surface area contributed by atoms with Crippen molar-refractivity contribution >= 4 is 29.4 Å². The van der Waals surface area contributed by atoms with Crippen LogP contribution in [-0.4, -0.2) is 35.7 Å². The molecule has 3 N–H and O–H groups in total. The lowest BCUT2D eigenvalue weighted by molar-refractivity contribution is -0.124. The summed E-state index contributed by atoms with van der Waals surface area (Å²) in [5.41, 5.74) is 7.74. The van der Waals surface area contributed by atoms with Crippen LogP contribution in [-0.2, 0) is 4.79 Å². The van der Waals surface area contributed by atoms with Crippen LogP contribution < -0.4 is 11.1 Å². The molecule has 1 aliphatic rings. The molecule has 6 heteroatoms. The molecular weight excluding hydrogens is 250 g/mol. The molecule has 0 radical (unpaired) electrons. The van der Waals surface area contributed by atoms with E-state index < -0.39 is 0 Å². The topological polar surface area (TPSA) is 75.4 Å². The molecule has 0 aliphatic carbocycles. The molecule has 18 heavy (non-hydrogen) atoms. The number of nitrogen functional groups attached to an aromatic ring is 1. The Bertz CT molecular complexity index is 474. The fourth-order valence-electron chi connectivity index (χ4n) is 1.73. The zero-order valence-corrected chi connectivity index (χ0v) is 10.9. The zero-order valence-electron chi connectivity index (χ0n) is 10.1. The highest BCUT2D eigenvalue weighted by atomic mass is 32.2. The highest BCUT2D eigenvalue weighted by Gasteiger charge is 2.27. The molecule has 96 valence electrons. The van der Waals surface area contributed by atoms with Crippen LogP contribution in [0.4, 0.5) is 10.5 Å². The summed E-state index contributed by atoms with van der Waals surface area (Å²) >= 11 is 1.55. The molecule has 0 aromatic heterocycles. The van der Waals surface area contributed by atoms with E-state index in [4.69, 9.17) is 5.73 Å². The summed E-state index contributed by atoms with van der Waals surface area (Å²) in [5.74, 6) is 0.476. The number of nitrogens with zero attached hydrogens (tertiary/aromatic N) is 1. The third-order valence-corrected chi connectivity index (χ3v) is 3.74. The van der Waals surface area contributed by atoms with Crippen LogP contribution in [0.3, 0.4) is 0 Å². The summed E-state index contributed by atoms with van der Waals surface area (Å²) in [4.78, 5) is 24.9. The predicted molar refractivity (Wildman–Crippen MR) is 71.4 cm³/mol. The highest BCUT2D eigenvalue weighted by Crippen LogP contribution is 2.25. The van der Waals surface area contributed by atoms with E-state index in [1.807, 2.05) is 25.1 Å². The van der Waals surface area contributed by atoms with E-state index >= 15 is 0 Å². The molecule has 1 heterocycles. The number of thioether (sulfide) groups is 1. The van der Waals surface area contributed by atoms with Crippen molar-refractivity contribution in [3.63, 3.8) is 0 Å². The number of carbonyl (C=O) groups excluding carboxylic acids is 2. The van der Waals surface area contributed by atoms with Crippen molar-refractivity contribution in [1.82, 2.24) is 10.2 Å². The maximum atomic E-state index is 11.3. The number of nitrogens with one attached hydrogen (secondary N) is 1. The molecule has 0 spiro atoms. The Morgan fingerprint density at radius 2 is 2.22 bits per heavy atom. The van der Waals surface area contributed by atoms with Crippen molar-refractivity contribution < 1.29 is 9.59 Å². The standard InChI is InChI=1S/C12H15N3O2S/c1-8-2-3-10(9(13)6-8)18-5-4-15-11(16)7-14-12(15)17/h2-3,6H,4-5,7,13H2,1H3,(H,14,17). The molecule has 1 aliphatic heterocycles. The first-order valence-electron chi connectivity index (χ1n) is 5.65. The van der Waals surface area contributed by atoms with Gasteiger partial charge in [-0.05, 0) is 24.6 Å². The number of hydrogen-bond donors (Lipinski definition) is 2. The number of nitrogens with two attached hydrogens (primary N) is 1. The Morgan fingerprint density at radius 1 is 1.44 bits per heavy atom. The third kappa shape index (κ3) is 2.76. The molecular formula is C12H15N3O2S. The molecule has 3 amide bonds. The zero-order chi connectivity index (χ0) is 13.1. The van der Waals surface area contributed by atoms with Gasteiger partial charge in [-0.3, -0.25) is 9.69 Å². The molecule has 1 aromatic carbocycles. The highest BCUT2D eigenvalue weighted by molar-refractivity contribution is 7.99. The average Bonchev–Trinajstić information content (AvgIpc) is 2.63. The lowest BCUT2D eigenvalue weighted by atomic mass is 10.2. The molecule has 1 saturated heterocycles. The summed E-state index contributed by atoms with van der Waals surface area (Å²) in [5, 5.41) is 2.49. The smallest absolute Gasteiger partial charge is 0.324 e. The van der Waals surface area contributed by atoms with Crippen molar-refractivity contribution in [2.45, 2.75) is 11.8 Å². The molecule has 0 unspecified atom stereocenters. The number of imide groups is 1. The number of amides is 3. The van der Waals surface area contributed by atoms with E-state index in [2.05, 4.69) is 5.32 Å². The summed E-state index contributed by atoms with van der Waals surface area (Å²) in [7, 11) is 0. The van der Waals surface area contributed by atoms with Crippen molar-refractivity contribution in [3.8, 4) is 0 Å². The van der Waals surface area contributed by atoms with Gasteiger partial charge in [-0.2, -0.15) is 0 Å². The first kappa shape index (κ1) is 12.8. The number of anilines is 1. The molecule has 0 atom stereocenters. The van der Waals surface area contributed by atoms with Gasteiger partial charge in [0.05, 0.1) is 6.54 Å². The predicted octanol–water partition coefficient (Wildman–Crippen LogP) is 1.22. The Labute approximate surface area is 110 Å². The Hall–Kier alpha value is -1.69. The van der Waals surface area contributed by atoms with Gasteiger partial charge in [-0.1, -0.05) is 6.07 Å². The van der Waals surface area contributed by atoms with E-state index in [9.17, 15) is 9.59 Å². The first-order valence-corrected chi connectivity index (χ1v) is 6.63. The maximum Gasteiger partial charge on any atom is 0.324 e. The summed E-state index contributed by atoms with van der Waals surface area (Å²) in [6, 6.07) is 5.56. The van der Waals surface area contributed by atoms with E-state index in [0.29, 0.717) is 12.3 Å². The van der Waals surface area contributed by atoms with Gasteiger partial charge >= 0.3 is 6.03 Å². The second-order valence-corrected chi connectivity index (χ2v) is 5.23. The molecule has 0 bridgehead atoms. The van der Waals surface area contributed by atoms with Crippen LogP contribution in [0, 0.1) is 6.92 Å². The van der Waals surface area contributed by atoms with Crippen molar-refractivity contribution in [2.75, 3.05) is 24.6 Å². The van der Waals surface area contributed by atoms with Crippen molar-refractivity contribution in [3.05, 3.63) is 23.8 Å². The normalized spacial score (nSPS) is 15.1. The largest absolute Gasteiger partial charge is 0.398 e. The average molecular weight is 265 g/mol. The monoisotopic (exact) mass is 265 g/mol. The van der Waals surface area contributed by atoms with Gasteiger partial charge in [0, 0.05) is 22.9 Å². The second-order valence-electron chi connectivity index (χ2n) is 4.09. The van der Waals surface area contributed by atoms with Crippen LogP contribution in [0.15, 0.2) is 23.1 Å². The maximum absolute atomic E-state index is 11.3. The number of urea groups is 1. The molecule has 2 rings (SSSR count). The van der Waals surface area contributed by atoms with Crippen LogP contribution in [0.25, 0.3) is 0 Å². The first-order chi connectivity index (χ1) is 8.58. The van der Waals surface area contributed by atoms with E-state index in [1.54, 1.807) is 11.8 Å². The molecule has 5 nitrogen and oxygen atoms in total. The van der Waals surface area contributed by atoms with Crippen LogP contribution in [0.5, 0.6) is 0 Å². The Balaban J connectivity index is 1.88. The van der Waals surface area contributed by atoms with E-state index in [0.717, 1.165) is 16.1 Å². The molecule has 0 saturated carbocycles. The van der Waals surface area contributed by atoms with Crippen LogP contribution >= 0.6 is 11.8 Å². The summed E-state index contributed by atoms with van der Waals surface area (Å²) in [6.07, 6.45) is 0. The minimum absolute atomic E-state index is 0.107. The quantitative estimate of drug-likeness (QED) is 0.487. The van der Waals surface area contributed by atoms with Gasteiger partial charge in [-0.25, -0.2) is 4.79 Å². The fourth-order valence-corrected chi connectivity index (χ4v) is 2.61. The molecule has 1 aromatic rings. The van der Waals surface area contributed by atoms with E-state index in [1.165, 1.54) is 4.90 Å². The van der Waals surface area contributed by atoms with Gasteiger partial charge < -0.3 is 11.1 Å². The van der Waals surface area contributed by atoms with Crippen LogP contribution in [0.1, 0.15) is 5.56 Å². The Kier molecular flexibility index (Phi) is 3.76. The second kappa shape index (κ2) is 5.30. The minimum Gasteiger partial charge on any atom is -0.398 e. The van der Waals surface area contributed by atoms with Crippen molar-refractivity contribution in [2.24, 2.45) is 0 Å². The number of hydrogen-bond acceptors (Lipinski definition) is 4. The van der Waals surface area contributed by atoms with Crippen molar-refractivity contribution in [1.29, 1.82) is 0 Å². The lowest BCUT2D eigenvalue weighted by Gasteiger charge is -2.12. The van der Waals surface area contributed by atoms with E-state index in [-0.39, 0.29) is 18.5 Å². The minimum atomic E-state index is -0.308. The number of rotatable bonds is 4. The van der Waals surface area contributed by atoms with Gasteiger partial charge in [0.1, 0.15) is 0 Å². The lowest BCUT2D eigenvalue weighted by Crippen LogP contribution is -2.32. The van der Waals surface area contributed by atoms with Gasteiger partial charge in [0.25, 0.3) is 0 Å². The third-order valence-electron chi connectivity index (χ3n) is 2.67. The number of aryl methyl sites for hydroxylation is 1.